The highest BCUT2D eigenvalue weighted by atomic mass is 19.1. The molecule has 1 saturated heterocycles. The van der Waals surface area contributed by atoms with Gasteiger partial charge in [-0.25, -0.2) is 9.18 Å². The van der Waals surface area contributed by atoms with Gasteiger partial charge in [-0.05, 0) is 45.7 Å². The molecule has 2 rings (SSSR count). The van der Waals surface area contributed by atoms with E-state index in [4.69, 9.17) is 9.47 Å². The monoisotopic (exact) mass is 408 g/mol. The van der Waals surface area contributed by atoms with E-state index in [1.54, 1.807) is 11.0 Å². The summed E-state index contributed by atoms with van der Waals surface area (Å²) in [5.41, 5.74) is 0.0462. The number of ether oxygens (including phenoxy) is 2. The molecule has 1 fully saturated rings. The molecule has 0 radical (unpaired) electrons. The van der Waals surface area contributed by atoms with Crippen molar-refractivity contribution in [2.75, 3.05) is 31.1 Å². The first-order valence-electron chi connectivity index (χ1n) is 10.9. The van der Waals surface area contributed by atoms with Gasteiger partial charge < -0.3 is 19.3 Å². The van der Waals surface area contributed by atoms with Crippen LogP contribution in [0.4, 0.5) is 14.9 Å². The molecular weight excluding hydrogens is 371 g/mol. The number of halogens is 1. The SMILES string of the molecule is CCCCC(CCC)Oc1ccc(N2CCN(C(=O)OC(C)(C)C)CC2)c(F)c1. The molecule has 1 aliphatic rings. The number of rotatable bonds is 8. The number of piperazine rings is 1. The van der Waals surface area contributed by atoms with E-state index in [2.05, 4.69) is 13.8 Å². The van der Waals surface area contributed by atoms with Gasteiger partial charge >= 0.3 is 6.09 Å². The van der Waals surface area contributed by atoms with Gasteiger partial charge in [0.1, 0.15) is 17.2 Å². The van der Waals surface area contributed by atoms with Crippen LogP contribution in [0.5, 0.6) is 5.75 Å². The minimum absolute atomic E-state index is 0.141. The molecule has 1 aromatic carbocycles. The van der Waals surface area contributed by atoms with E-state index >= 15 is 0 Å². The minimum atomic E-state index is -0.511. The summed E-state index contributed by atoms with van der Waals surface area (Å²) in [7, 11) is 0. The van der Waals surface area contributed by atoms with Crippen LogP contribution in [0, 0.1) is 5.82 Å². The van der Waals surface area contributed by atoms with Gasteiger partial charge in [-0.15, -0.1) is 0 Å². The number of carbonyl (C=O) groups is 1. The second kappa shape index (κ2) is 10.7. The van der Waals surface area contributed by atoms with Crippen molar-refractivity contribution in [3.8, 4) is 5.75 Å². The molecule has 0 aromatic heterocycles. The lowest BCUT2D eigenvalue weighted by atomic mass is 10.1. The maximum atomic E-state index is 14.8. The van der Waals surface area contributed by atoms with Gasteiger partial charge in [0.05, 0.1) is 11.8 Å². The lowest BCUT2D eigenvalue weighted by Crippen LogP contribution is -2.50. The van der Waals surface area contributed by atoms with Gasteiger partial charge in [0.2, 0.25) is 0 Å². The highest BCUT2D eigenvalue weighted by molar-refractivity contribution is 5.68. The van der Waals surface area contributed by atoms with Gasteiger partial charge in [0.25, 0.3) is 0 Å². The molecule has 1 aromatic rings. The molecule has 0 N–H and O–H groups in total. The quantitative estimate of drug-likeness (QED) is 0.560. The molecule has 1 heterocycles. The van der Waals surface area contributed by atoms with Crippen molar-refractivity contribution in [2.45, 2.75) is 78.4 Å². The first-order chi connectivity index (χ1) is 13.7. The fraction of sp³-hybridized carbons (Fsp3) is 0.696. The van der Waals surface area contributed by atoms with E-state index < -0.39 is 5.60 Å². The summed E-state index contributed by atoms with van der Waals surface area (Å²) in [5.74, 6) is 0.312. The summed E-state index contributed by atoms with van der Waals surface area (Å²) in [6.45, 7) is 12.1. The maximum Gasteiger partial charge on any atom is 0.410 e. The molecular formula is C23H37FN2O3. The zero-order valence-corrected chi connectivity index (χ0v) is 18.7. The highest BCUT2D eigenvalue weighted by Crippen LogP contribution is 2.27. The zero-order chi connectivity index (χ0) is 21.4. The summed E-state index contributed by atoms with van der Waals surface area (Å²) in [6.07, 6.45) is 5.12. The first-order valence-corrected chi connectivity index (χ1v) is 10.9. The largest absolute Gasteiger partial charge is 0.490 e. The molecule has 0 spiro atoms. The summed E-state index contributed by atoms with van der Waals surface area (Å²) in [5, 5.41) is 0. The van der Waals surface area contributed by atoms with Gasteiger partial charge in [-0.3, -0.25) is 0 Å². The van der Waals surface area contributed by atoms with Gasteiger partial charge in [-0.1, -0.05) is 33.1 Å². The molecule has 29 heavy (non-hydrogen) atoms. The maximum absolute atomic E-state index is 14.8. The van der Waals surface area contributed by atoms with E-state index in [0.717, 1.165) is 32.1 Å². The Balaban J connectivity index is 1.94. The summed E-state index contributed by atoms with van der Waals surface area (Å²) < 4.78 is 26.2. The smallest absolute Gasteiger partial charge is 0.410 e. The van der Waals surface area contributed by atoms with Crippen LogP contribution in [0.2, 0.25) is 0 Å². The second-order valence-corrected chi connectivity index (χ2v) is 8.74. The van der Waals surface area contributed by atoms with Crippen LogP contribution in [0.25, 0.3) is 0 Å². The fourth-order valence-corrected chi connectivity index (χ4v) is 3.48. The Morgan fingerprint density at radius 3 is 2.34 bits per heavy atom. The Labute approximate surface area is 175 Å². The number of anilines is 1. The van der Waals surface area contributed by atoms with Crippen LogP contribution in [0.3, 0.4) is 0 Å². The van der Waals surface area contributed by atoms with Crippen molar-refractivity contribution in [1.29, 1.82) is 0 Å². The number of carbonyl (C=O) groups excluding carboxylic acids is 1. The predicted octanol–water partition coefficient (Wildman–Crippen LogP) is 5.62. The Morgan fingerprint density at radius 2 is 1.79 bits per heavy atom. The lowest BCUT2D eigenvalue weighted by Gasteiger charge is -2.36. The van der Waals surface area contributed by atoms with E-state index in [9.17, 15) is 9.18 Å². The third-order valence-electron chi connectivity index (χ3n) is 4.98. The fourth-order valence-electron chi connectivity index (χ4n) is 3.48. The molecule has 5 nitrogen and oxygen atoms in total. The Hall–Kier alpha value is -1.98. The van der Waals surface area contributed by atoms with Crippen molar-refractivity contribution in [2.24, 2.45) is 0 Å². The number of hydrogen-bond donors (Lipinski definition) is 0. The van der Waals surface area contributed by atoms with E-state index in [1.165, 1.54) is 6.07 Å². The number of hydrogen-bond acceptors (Lipinski definition) is 4. The van der Waals surface area contributed by atoms with Crippen LogP contribution < -0.4 is 9.64 Å². The van der Waals surface area contributed by atoms with Gasteiger partial charge in [-0.2, -0.15) is 0 Å². The van der Waals surface area contributed by atoms with Crippen LogP contribution in [-0.2, 0) is 4.74 Å². The summed E-state index contributed by atoms with van der Waals surface area (Å²) >= 11 is 0. The number of nitrogens with zero attached hydrogens (tertiary/aromatic N) is 2. The molecule has 0 saturated carbocycles. The second-order valence-electron chi connectivity index (χ2n) is 8.74. The molecule has 164 valence electrons. The average Bonchev–Trinajstić information content (AvgIpc) is 2.65. The van der Waals surface area contributed by atoms with E-state index in [0.29, 0.717) is 37.6 Å². The number of unbranched alkanes of at least 4 members (excludes halogenated alkanes) is 1. The lowest BCUT2D eigenvalue weighted by molar-refractivity contribution is 0.0240. The first kappa shape index (κ1) is 23.3. The molecule has 1 amide bonds. The van der Waals surface area contributed by atoms with Crippen LogP contribution in [0.15, 0.2) is 18.2 Å². The normalized spacial score (nSPS) is 15.9. The van der Waals surface area contributed by atoms with Crippen LogP contribution in [0.1, 0.15) is 66.7 Å². The molecule has 0 aliphatic carbocycles. The summed E-state index contributed by atoms with van der Waals surface area (Å²) in [6, 6.07) is 5.13. The molecule has 0 bridgehead atoms. The molecule has 1 atom stereocenters. The topological polar surface area (TPSA) is 42.0 Å². The molecule has 1 unspecified atom stereocenters. The Bertz CT molecular complexity index is 652. The Kier molecular flexibility index (Phi) is 8.60. The van der Waals surface area contributed by atoms with Crippen molar-refractivity contribution in [3.63, 3.8) is 0 Å². The van der Waals surface area contributed by atoms with Crippen molar-refractivity contribution in [3.05, 3.63) is 24.0 Å². The number of benzene rings is 1. The van der Waals surface area contributed by atoms with Gasteiger partial charge in [0, 0.05) is 32.2 Å². The third-order valence-corrected chi connectivity index (χ3v) is 4.98. The van der Waals surface area contributed by atoms with Crippen LogP contribution >= 0.6 is 0 Å². The van der Waals surface area contributed by atoms with Gasteiger partial charge in [0.15, 0.2) is 0 Å². The average molecular weight is 409 g/mol. The molecule has 1 aliphatic heterocycles. The highest BCUT2D eigenvalue weighted by Gasteiger charge is 2.27. The van der Waals surface area contributed by atoms with Crippen molar-refractivity contribution >= 4 is 11.8 Å². The van der Waals surface area contributed by atoms with Crippen molar-refractivity contribution < 1.29 is 18.7 Å². The van der Waals surface area contributed by atoms with E-state index in [1.807, 2.05) is 31.7 Å². The molecule has 6 heteroatoms. The standard InChI is InChI=1S/C23H37FN2O3/c1-6-8-10-18(9-7-2)28-19-11-12-21(20(24)17-19)25-13-15-26(16-14-25)22(27)29-23(3,4)5/h11-12,17-18H,6-10,13-16H2,1-5H3. The number of amides is 1. The predicted molar refractivity (Wildman–Crippen MR) is 115 cm³/mol. The minimum Gasteiger partial charge on any atom is -0.490 e. The third kappa shape index (κ3) is 7.41. The van der Waals surface area contributed by atoms with E-state index in [-0.39, 0.29) is 18.0 Å². The Morgan fingerprint density at radius 1 is 1.10 bits per heavy atom. The zero-order valence-electron chi connectivity index (χ0n) is 18.7. The van der Waals surface area contributed by atoms with Crippen LogP contribution in [-0.4, -0.2) is 48.9 Å². The summed E-state index contributed by atoms with van der Waals surface area (Å²) in [4.78, 5) is 15.8. The van der Waals surface area contributed by atoms with Crippen molar-refractivity contribution in [1.82, 2.24) is 4.90 Å².